The van der Waals surface area contributed by atoms with E-state index >= 15 is 0 Å². The molecular weight excluding hydrogens is 831 g/mol. The molecule has 0 aromatic carbocycles. The minimum atomic E-state index is -1.62. The van der Waals surface area contributed by atoms with Crippen LogP contribution in [0.2, 0.25) is 0 Å². The van der Waals surface area contributed by atoms with Crippen molar-refractivity contribution in [1.82, 2.24) is 14.5 Å². The zero-order chi connectivity index (χ0) is 48.1. The number of cyclic esters (lactones) is 1. The molecule has 1 aromatic rings. The normalized spacial score (nSPS) is 40.1. The number of carbonyl (C=O) groups excluding carboxylic acids is 5. The third kappa shape index (κ3) is 12.2. The number of ketones is 2. The summed E-state index contributed by atoms with van der Waals surface area (Å²) in [5.41, 5.74) is -3.64. The van der Waals surface area contributed by atoms with Crippen molar-refractivity contribution < 1.29 is 66.6 Å². The number of nitrogens with zero attached hydrogens (tertiary/aromatic N) is 3. The van der Waals surface area contributed by atoms with Crippen LogP contribution in [0.15, 0.2) is 30.4 Å². The number of rotatable bonds is 12. The van der Waals surface area contributed by atoms with Crippen molar-refractivity contribution in [2.75, 3.05) is 28.3 Å². The lowest BCUT2D eigenvalue weighted by molar-refractivity contribution is -0.315. The van der Waals surface area contributed by atoms with E-state index in [1.54, 1.807) is 61.7 Å². The van der Waals surface area contributed by atoms with Crippen LogP contribution in [0.3, 0.4) is 0 Å². The predicted molar refractivity (Wildman–Crippen MR) is 234 cm³/mol. The highest BCUT2D eigenvalue weighted by atomic mass is 16.7. The van der Waals surface area contributed by atoms with Gasteiger partial charge in [-0.3, -0.25) is 14.4 Å². The Kier molecular flexibility index (Phi) is 18.1. The third-order valence-electron chi connectivity index (χ3n) is 13.6. The number of aromatic nitrogens is 2. The van der Waals surface area contributed by atoms with Gasteiger partial charge in [-0.2, -0.15) is 0 Å². The SMILES string of the molecule is CC[C@H]1OC(=O)[C@H](C)[C@@H](O[C@H]2C[C@@](C)(OC)[C@@H](OC(C)=O)[C@H](C)O2)[C@H](C)[C@@H](O[C@@H]2O[C@H](C)C[C@H](N(C)C)[C@H]2CC(C)=O)[C@](C)(OC)C[C@@H](C)C(=O)/C(C)=C/[C@]1(C)OC(=O)n1ccnc1. The lowest BCUT2D eigenvalue weighted by Gasteiger charge is -2.50. The van der Waals surface area contributed by atoms with Crippen LogP contribution in [0.1, 0.15) is 115 Å². The lowest BCUT2D eigenvalue weighted by atomic mass is 9.76. The molecule has 1 aromatic heterocycles. The number of hydrogen-bond acceptors (Lipinski definition) is 16. The van der Waals surface area contributed by atoms with Crippen molar-refractivity contribution in [1.29, 1.82) is 0 Å². The molecule has 2 saturated heterocycles. The average Bonchev–Trinajstić information content (AvgIpc) is 3.77. The van der Waals surface area contributed by atoms with Crippen LogP contribution in [-0.2, 0) is 61.8 Å². The van der Waals surface area contributed by atoms with Gasteiger partial charge in [0.15, 0.2) is 30.1 Å². The first kappa shape index (κ1) is 53.0. The minimum absolute atomic E-state index is 0.0266. The van der Waals surface area contributed by atoms with Gasteiger partial charge < -0.3 is 52.3 Å². The van der Waals surface area contributed by atoms with Gasteiger partial charge in [0.05, 0.1) is 35.9 Å². The Morgan fingerprint density at radius 3 is 2.12 bits per heavy atom. The first-order valence-corrected chi connectivity index (χ1v) is 22.5. The summed E-state index contributed by atoms with van der Waals surface area (Å²) in [7, 11) is 7.00. The molecule has 0 amide bonds. The molecule has 4 rings (SSSR count). The van der Waals surface area contributed by atoms with Crippen molar-refractivity contribution in [3.63, 3.8) is 0 Å². The second-order valence-corrected chi connectivity index (χ2v) is 19.1. The molecule has 4 heterocycles. The number of allylic oxidation sites excluding steroid dienone is 1. The molecule has 362 valence electrons. The van der Waals surface area contributed by atoms with Gasteiger partial charge >= 0.3 is 18.0 Å². The van der Waals surface area contributed by atoms with E-state index in [-0.39, 0.29) is 60.9 Å². The van der Waals surface area contributed by atoms with E-state index in [9.17, 15) is 24.0 Å². The van der Waals surface area contributed by atoms with Crippen LogP contribution < -0.4 is 0 Å². The number of esters is 2. The van der Waals surface area contributed by atoms with Gasteiger partial charge in [0.25, 0.3) is 0 Å². The van der Waals surface area contributed by atoms with Gasteiger partial charge in [0.2, 0.25) is 0 Å². The van der Waals surface area contributed by atoms with Crippen molar-refractivity contribution >= 4 is 29.6 Å². The number of imidazole rings is 1. The maximum absolute atomic E-state index is 14.8. The summed E-state index contributed by atoms with van der Waals surface area (Å²) in [6.07, 6.45) is -0.466. The van der Waals surface area contributed by atoms with Gasteiger partial charge in [0.1, 0.15) is 23.8 Å². The highest BCUT2D eigenvalue weighted by molar-refractivity contribution is 5.96. The highest BCUT2D eigenvalue weighted by Crippen LogP contribution is 2.43. The second-order valence-electron chi connectivity index (χ2n) is 19.1. The fraction of sp³-hybridized carbons (Fsp3) is 0.787. The quantitative estimate of drug-likeness (QED) is 0.173. The van der Waals surface area contributed by atoms with Gasteiger partial charge in [-0.25, -0.2) is 14.3 Å². The van der Waals surface area contributed by atoms with Crippen molar-refractivity contribution in [2.45, 2.75) is 187 Å². The van der Waals surface area contributed by atoms with E-state index in [0.29, 0.717) is 6.42 Å². The van der Waals surface area contributed by atoms with Gasteiger partial charge in [0, 0.05) is 70.2 Å². The summed E-state index contributed by atoms with van der Waals surface area (Å²) in [6.45, 7) is 20.7. The Bertz CT molecular complexity index is 1810. The summed E-state index contributed by atoms with van der Waals surface area (Å²) < 4.78 is 58.9. The van der Waals surface area contributed by atoms with E-state index < -0.39 is 95.7 Å². The van der Waals surface area contributed by atoms with E-state index in [2.05, 4.69) is 9.88 Å². The standard InChI is InChI=1S/C47H75N3O14/c1-17-36-45(10,64-44(55)50-19-18-48-25-50)22-26(2)38(53)27(3)23-46(11,56-15)40(63-43-34(20-28(4)51)35(49(13)14)21-29(5)58-43)30(6)39(31(7)42(54)61-36)62-37-24-47(12,57-16)41(32(8)59-37)60-33(9)52/h18-19,22,25,27,29-32,34-37,39-41,43H,17,20-21,23-24H2,1-16H3/b26-22+/t27-,29-,30+,31-,32+,34-,35+,36-,37+,39+,40-,41+,43+,45+,46-,47-/m1/s1. The number of methoxy groups -OCH3 is 2. The fourth-order valence-corrected chi connectivity index (χ4v) is 10.1. The molecule has 16 atom stereocenters. The largest absolute Gasteiger partial charge is 0.457 e. The number of hydrogen-bond donors (Lipinski definition) is 0. The molecule has 3 aliphatic heterocycles. The van der Waals surface area contributed by atoms with Crippen LogP contribution in [0, 0.1) is 23.7 Å². The molecule has 0 unspecified atom stereocenters. The monoisotopic (exact) mass is 906 g/mol. The Balaban J connectivity index is 1.93. The topological polar surface area (TPSA) is 189 Å². The van der Waals surface area contributed by atoms with Crippen LogP contribution in [-0.4, -0.2) is 144 Å². The van der Waals surface area contributed by atoms with Gasteiger partial charge in [-0.15, -0.1) is 0 Å². The summed E-state index contributed by atoms with van der Waals surface area (Å²) in [6, 6.07) is -0.0771. The van der Waals surface area contributed by atoms with E-state index in [0.717, 1.165) is 4.57 Å². The molecule has 0 aliphatic carbocycles. The number of ether oxygens (including phenoxy) is 9. The number of Topliss-reactive ketones (excluding diaryl/α,β-unsaturated/α-hetero) is 2. The van der Waals surface area contributed by atoms with Gasteiger partial charge in [-0.05, 0) is 100 Å². The number of carbonyl (C=O) groups is 5. The zero-order valence-electron chi connectivity index (χ0n) is 40.9. The molecule has 2 fully saturated rings. The summed E-state index contributed by atoms with van der Waals surface area (Å²) in [5, 5.41) is 0. The van der Waals surface area contributed by atoms with E-state index in [1.807, 2.05) is 41.8 Å². The molecule has 0 saturated carbocycles. The molecule has 17 nitrogen and oxygen atoms in total. The maximum atomic E-state index is 14.8. The first-order valence-electron chi connectivity index (χ1n) is 22.5. The minimum Gasteiger partial charge on any atom is -0.457 e. The van der Waals surface area contributed by atoms with Crippen LogP contribution in [0.4, 0.5) is 4.79 Å². The fourth-order valence-electron chi connectivity index (χ4n) is 10.1. The van der Waals surface area contributed by atoms with Crippen molar-refractivity contribution in [3.8, 4) is 0 Å². The summed E-state index contributed by atoms with van der Waals surface area (Å²) in [4.78, 5) is 74.0. The second kappa shape index (κ2) is 21.8. The van der Waals surface area contributed by atoms with Crippen LogP contribution >= 0.6 is 0 Å². The Hall–Kier alpha value is -3.58. The summed E-state index contributed by atoms with van der Waals surface area (Å²) >= 11 is 0. The van der Waals surface area contributed by atoms with Gasteiger partial charge in [-0.1, -0.05) is 20.8 Å². The molecule has 3 aliphatic rings. The van der Waals surface area contributed by atoms with Crippen molar-refractivity contribution in [2.24, 2.45) is 23.7 Å². The molecule has 0 bridgehead atoms. The molecule has 0 N–H and O–H groups in total. The predicted octanol–water partition coefficient (Wildman–Crippen LogP) is 6.08. The third-order valence-corrected chi connectivity index (χ3v) is 13.6. The van der Waals surface area contributed by atoms with Crippen LogP contribution in [0.5, 0.6) is 0 Å². The Morgan fingerprint density at radius 1 is 0.938 bits per heavy atom. The first-order chi connectivity index (χ1) is 29.8. The average molecular weight is 906 g/mol. The Morgan fingerprint density at radius 2 is 1.58 bits per heavy atom. The van der Waals surface area contributed by atoms with E-state index in [4.69, 9.17) is 42.6 Å². The highest BCUT2D eigenvalue weighted by Gasteiger charge is 2.54. The Labute approximate surface area is 379 Å². The van der Waals surface area contributed by atoms with Crippen LogP contribution in [0.25, 0.3) is 0 Å². The molecule has 64 heavy (non-hydrogen) atoms. The molecule has 0 spiro atoms. The smallest absolute Gasteiger partial charge is 0.420 e. The molecular formula is C47H75N3O14. The maximum Gasteiger partial charge on any atom is 0.420 e. The summed E-state index contributed by atoms with van der Waals surface area (Å²) in [5.74, 6) is -4.30. The van der Waals surface area contributed by atoms with Crippen molar-refractivity contribution in [3.05, 3.63) is 30.4 Å². The lowest BCUT2D eigenvalue weighted by Crippen LogP contribution is -2.60. The van der Waals surface area contributed by atoms with E-state index in [1.165, 1.54) is 32.8 Å². The molecule has 17 heteroatoms. The molecule has 0 radical (unpaired) electrons. The zero-order valence-corrected chi connectivity index (χ0v) is 40.9.